The minimum absolute atomic E-state index is 0.221. The zero-order chi connectivity index (χ0) is 13.1. The molecule has 3 unspecified atom stereocenters. The number of aryl methyl sites for hydroxylation is 1. The summed E-state index contributed by atoms with van der Waals surface area (Å²) in [6.07, 6.45) is 2.03. The SMILES string of the molecule is CC(N)NC(Oc1cccc2c1CCC2)C(C)O. The zero-order valence-corrected chi connectivity index (χ0v) is 11.0. The third kappa shape index (κ3) is 3.02. The van der Waals surface area contributed by atoms with Crippen LogP contribution in [0.1, 0.15) is 31.4 Å². The van der Waals surface area contributed by atoms with Gasteiger partial charge in [0.05, 0.1) is 6.17 Å². The van der Waals surface area contributed by atoms with Crippen molar-refractivity contribution in [3.63, 3.8) is 0 Å². The van der Waals surface area contributed by atoms with Crippen molar-refractivity contribution >= 4 is 0 Å². The Morgan fingerprint density at radius 3 is 2.78 bits per heavy atom. The molecule has 3 atom stereocenters. The topological polar surface area (TPSA) is 67.5 Å². The predicted molar refractivity (Wildman–Crippen MR) is 71.3 cm³/mol. The number of ether oxygens (including phenoxy) is 1. The van der Waals surface area contributed by atoms with Gasteiger partial charge in [-0.25, -0.2) is 0 Å². The molecule has 1 aromatic rings. The Kier molecular flexibility index (Phi) is 4.22. The molecule has 2 rings (SSSR count). The molecule has 0 bridgehead atoms. The average molecular weight is 250 g/mol. The molecular weight excluding hydrogens is 228 g/mol. The van der Waals surface area contributed by atoms with Gasteiger partial charge in [0.25, 0.3) is 0 Å². The third-order valence-corrected chi connectivity index (χ3v) is 3.22. The van der Waals surface area contributed by atoms with E-state index in [1.165, 1.54) is 17.5 Å². The van der Waals surface area contributed by atoms with E-state index in [0.29, 0.717) is 0 Å². The van der Waals surface area contributed by atoms with Gasteiger partial charge in [0.1, 0.15) is 11.9 Å². The summed E-state index contributed by atoms with van der Waals surface area (Å²) in [4.78, 5) is 0. The Bertz CT molecular complexity index is 405. The van der Waals surface area contributed by atoms with E-state index >= 15 is 0 Å². The van der Waals surface area contributed by atoms with Crippen molar-refractivity contribution in [1.82, 2.24) is 5.32 Å². The number of nitrogens with one attached hydrogen (secondary N) is 1. The average Bonchev–Trinajstić information content (AvgIpc) is 2.76. The van der Waals surface area contributed by atoms with Crippen molar-refractivity contribution in [2.45, 2.75) is 51.6 Å². The molecule has 0 heterocycles. The van der Waals surface area contributed by atoms with Crippen molar-refractivity contribution in [2.24, 2.45) is 5.73 Å². The number of aliphatic hydroxyl groups is 1. The molecule has 100 valence electrons. The smallest absolute Gasteiger partial charge is 0.177 e. The maximum Gasteiger partial charge on any atom is 0.177 e. The number of hydrogen-bond donors (Lipinski definition) is 3. The van der Waals surface area contributed by atoms with E-state index in [1.54, 1.807) is 6.92 Å². The Labute approximate surface area is 108 Å². The second-order valence-electron chi connectivity index (χ2n) is 4.98. The van der Waals surface area contributed by atoms with E-state index in [9.17, 15) is 5.11 Å². The summed E-state index contributed by atoms with van der Waals surface area (Å²) in [5.41, 5.74) is 8.33. The molecule has 0 fully saturated rings. The first-order valence-electron chi connectivity index (χ1n) is 6.55. The van der Waals surface area contributed by atoms with Crippen molar-refractivity contribution in [3.05, 3.63) is 29.3 Å². The molecular formula is C14H22N2O2. The van der Waals surface area contributed by atoms with Crippen LogP contribution in [0.3, 0.4) is 0 Å². The van der Waals surface area contributed by atoms with Crippen molar-refractivity contribution in [2.75, 3.05) is 0 Å². The van der Waals surface area contributed by atoms with Crippen LogP contribution in [-0.4, -0.2) is 23.6 Å². The highest BCUT2D eigenvalue weighted by Gasteiger charge is 2.21. The van der Waals surface area contributed by atoms with Crippen LogP contribution >= 0.6 is 0 Å². The lowest BCUT2D eigenvalue weighted by atomic mass is 10.1. The molecule has 0 amide bonds. The van der Waals surface area contributed by atoms with E-state index in [1.807, 2.05) is 19.1 Å². The molecule has 1 aliphatic carbocycles. The molecule has 18 heavy (non-hydrogen) atoms. The van der Waals surface area contributed by atoms with E-state index in [-0.39, 0.29) is 6.17 Å². The minimum Gasteiger partial charge on any atom is -0.472 e. The highest BCUT2D eigenvalue weighted by atomic mass is 16.5. The van der Waals surface area contributed by atoms with Gasteiger partial charge in [-0.2, -0.15) is 0 Å². The summed E-state index contributed by atoms with van der Waals surface area (Å²) < 4.78 is 5.89. The highest BCUT2D eigenvalue weighted by molar-refractivity contribution is 5.43. The van der Waals surface area contributed by atoms with Crippen molar-refractivity contribution < 1.29 is 9.84 Å². The minimum atomic E-state index is -0.617. The zero-order valence-electron chi connectivity index (χ0n) is 11.0. The first-order chi connectivity index (χ1) is 8.58. The Morgan fingerprint density at radius 1 is 1.33 bits per heavy atom. The molecule has 4 nitrogen and oxygen atoms in total. The number of hydrogen-bond acceptors (Lipinski definition) is 4. The van der Waals surface area contributed by atoms with Gasteiger partial charge in [-0.1, -0.05) is 12.1 Å². The van der Waals surface area contributed by atoms with E-state index < -0.39 is 12.3 Å². The normalized spacial score (nSPS) is 19.1. The molecule has 1 aromatic carbocycles. The van der Waals surface area contributed by atoms with Crippen molar-refractivity contribution in [3.8, 4) is 5.75 Å². The standard InChI is InChI=1S/C14H22N2O2/c1-9(17)14(16-10(2)15)18-13-8-4-6-11-5-3-7-12(11)13/h4,6,8-10,14,16-17H,3,5,7,15H2,1-2H3. The number of rotatable bonds is 5. The Hall–Kier alpha value is -1.10. The first-order valence-corrected chi connectivity index (χ1v) is 6.55. The summed E-state index contributed by atoms with van der Waals surface area (Å²) in [7, 11) is 0. The summed E-state index contributed by atoms with van der Waals surface area (Å²) in [5, 5.41) is 12.8. The second kappa shape index (κ2) is 5.69. The Balaban J connectivity index is 2.14. The molecule has 4 N–H and O–H groups in total. The van der Waals surface area contributed by atoms with E-state index in [2.05, 4.69) is 11.4 Å². The van der Waals surface area contributed by atoms with Crippen LogP contribution in [0.4, 0.5) is 0 Å². The number of benzene rings is 1. The fraction of sp³-hybridized carbons (Fsp3) is 0.571. The molecule has 1 aliphatic rings. The maximum absolute atomic E-state index is 9.73. The maximum atomic E-state index is 9.73. The van der Waals surface area contributed by atoms with Gasteiger partial charge in [0.2, 0.25) is 0 Å². The van der Waals surface area contributed by atoms with Crippen molar-refractivity contribution in [1.29, 1.82) is 0 Å². The molecule has 4 heteroatoms. The van der Waals surface area contributed by atoms with Gasteiger partial charge in [0, 0.05) is 0 Å². The van der Waals surface area contributed by atoms with Crippen LogP contribution in [0.2, 0.25) is 0 Å². The van der Waals surface area contributed by atoms with Gasteiger partial charge in [-0.05, 0) is 50.3 Å². The lowest BCUT2D eigenvalue weighted by Crippen LogP contribution is -2.50. The molecule has 0 aliphatic heterocycles. The number of nitrogens with two attached hydrogens (primary N) is 1. The van der Waals surface area contributed by atoms with Crippen LogP contribution in [0.5, 0.6) is 5.75 Å². The lowest BCUT2D eigenvalue weighted by molar-refractivity contribution is 0.0204. The second-order valence-corrected chi connectivity index (χ2v) is 4.98. The Morgan fingerprint density at radius 2 is 2.11 bits per heavy atom. The third-order valence-electron chi connectivity index (χ3n) is 3.22. The largest absolute Gasteiger partial charge is 0.472 e. The van der Waals surface area contributed by atoms with Gasteiger partial charge in [-0.3, -0.25) is 5.32 Å². The van der Waals surface area contributed by atoms with Crippen LogP contribution < -0.4 is 15.8 Å². The highest BCUT2D eigenvalue weighted by Crippen LogP contribution is 2.31. The molecule has 0 saturated carbocycles. The molecule has 0 spiro atoms. The van der Waals surface area contributed by atoms with Gasteiger partial charge in [-0.15, -0.1) is 0 Å². The van der Waals surface area contributed by atoms with Crippen LogP contribution in [0.25, 0.3) is 0 Å². The molecule has 0 aromatic heterocycles. The molecule has 0 saturated heterocycles. The quantitative estimate of drug-likeness (QED) is 0.686. The van der Waals surface area contributed by atoms with Gasteiger partial charge < -0.3 is 15.6 Å². The fourth-order valence-electron chi connectivity index (χ4n) is 2.36. The lowest BCUT2D eigenvalue weighted by Gasteiger charge is -2.26. The summed E-state index contributed by atoms with van der Waals surface area (Å²) >= 11 is 0. The van der Waals surface area contributed by atoms with Crippen LogP contribution in [0, 0.1) is 0 Å². The van der Waals surface area contributed by atoms with Crippen LogP contribution in [0.15, 0.2) is 18.2 Å². The predicted octanol–water partition coefficient (Wildman–Crippen LogP) is 1.16. The first kappa shape index (κ1) is 13.3. The van der Waals surface area contributed by atoms with Gasteiger partial charge in [0.15, 0.2) is 6.23 Å². The monoisotopic (exact) mass is 250 g/mol. The van der Waals surface area contributed by atoms with Crippen LogP contribution in [-0.2, 0) is 12.8 Å². The van der Waals surface area contributed by atoms with E-state index in [0.717, 1.165) is 18.6 Å². The summed E-state index contributed by atoms with van der Waals surface area (Å²) in [6, 6.07) is 6.11. The summed E-state index contributed by atoms with van der Waals surface area (Å²) in [6.45, 7) is 3.53. The van der Waals surface area contributed by atoms with Gasteiger partial charge >= 0.3 is 0 Å². The fourth-order valence-corrected chi connectivity index (χ4v) is 2.36. The molecule has 0 radical (unpaired) electrons. The number of aliphatic hydroxyl groups excluding tert-OH is 1. The van der Waals surface area contributed by atoms with E-state index in [4.69, 9.17) is 10.5 Å². The number of fused-ring (bicyclic) bond motifs is 1. The summed E-state index contributed by atoms with van der Waals surface area (Å²) in [5.74, 6) is 0.865.